The molecule has 1 atom stereocenters. The molecule has 0 aliphatic rings. The molecule has 0 bridgehead atoms. The maximum Gasteiger partial charge on any atom is 0.141 e. The summed E-state index contributed by atoms with van der Waals surface area (Å²) in [5, 5.41) is 23.5. The molecule has 234 valence electrons. The van der Waals surface area contributed by atoms with Crippen LogP contribution in [0, 0.1) is 0 Å². The van der Waals surface area contributed by atoms with Crippen molar-refractivity contribution in [3.05, 3.63) is 112 Å². The Bertz CT molecular complexity index is 1720. The van der Waals surface area contributed by atoms with E-state index >= 15 is 0 Å². The Morgan fingerprint density at radius 2 is 1.73 bits per heavy atom. The standard InChI is InChI=1S/C35H37Cl2N5O3/c1-24(45)20-32(39-23-25-5-11-30(36)31(37)21-25)27-8-12-34-33(22-27)40-35(42(34)15-13-28-4-2-3-14-38-28)26-6-9-29(10-7-26)41(16-18-43)17-19-44/h2-12,14,21-22,32,39,43-44H,13,15-20,23H2,1H3. The average Bonchev–Trinajstić information content (AvgIpc) is 3.41. The molecule has 5 aromatic rings. The predicted molar refractivity (Wildman–Crippen MR) is 181 cm³/mol. The van der Waals surface area contributed by atoms with Gasteiger partial charge >= 0.3 is 0 Å². The fourth-order valence-electron chi connectivity index (χ4n) is 5.50. The van der Waals surface area contributed by atoms with E-state index in [9.17, 15) is 15.0 Å². The van der Waals surface area contributed by atoms with Gasteiger partial charge in [0.05, 0.1) is 34.3 Å². The van der Waals surface area contributed by atoms with E-state index < -0.39 is 0 Å². The van der Waals surface area contributed by atoms with Crippen molar-refractivity contribution in [1.29, 1.82) is 0 Å². The van der Waals surface area contributed by atoms with Crippen molar-refractivity contribution in [3.8, 4) is 11.4 Å². The van der Waals surface area contributed by atoms with E-state index in [1.54, 1.807) is 19.2 Å². The number of benzene rings is 3. The number of carbonyl (C=O) groups is 1. The largest absolute Gasteiger partial charge is 0.395 e. The van der Waals surface area contributed by atoms with Crippen molar-refractivity contribution in [1.82, 2.24) is 19.9 Å². The Hall–Kier alpha value is -3.79. The molecule has 0 saturated heterocycles. The average molecular weight is 647 g/mol. The first-order valence-electron chi connectivity index (χ1n) is 15.0. The lowest BCUT2D eigenvalue weighted by Gasteiger charge is -2.23. The van der Waals surface area contributed by atoms with Crippen LogP contribution < -0.4 is 10.2 Å². The normalized spacial score (nSPS) is 12.0. The number of halogens is 2. The van der Waals surface area contributed by atoms with E-state index in [1.807, 2.05) is 59.5 Å². The molecule has 5 rings (SSSR count). The maximum atomic E-state index is 12.3. The first kappa shape index (κ1) is 32.6. The second-order valence-corrected chi connectivity index (χ2v) is 11.8. The number of aliphatic hydroxyl groups excluding tert-OH is 2. The van der Waals surface area contributed by atoms with Gasteiger partial charge in [0.1, 0.15) is 11.6 Å². The highest BCUT2D eigenvalue weighted by Crippen LogP contribution is 2.30. The lowest BCUT2D eigenvalue weighted by atomic mass is 10.0. The van der Waals surface area contributed by atoms with Crippen LogP contribution in [0.15, 0.2) is 85.1 Å². The number of anilines is 1. The number of hydrogen-bond donors (Lipinski definition) is 3. The van der Waals surface area contributed by atoms with Crippen LogP contribution in [0.4, 0.5) is 5.69 Å². The number of fused-ring (bicyclic) bond motifs is 1. The number of aryl methyl sites for hydroxylation is 2. The van der Waals surface area contributed by atoms with Crippen LogP contribution >= 0.6 is 23.2 Å². The first-order valence-corrected chi connectivity index (χ1v) is 15.8. The Morgan fingerprint density at radius 3 is 2.40 bits per heavy atom. The van der Waals surface area contributed by atoms with E-state index in [4.69, 9.17) is 28.2 Å². The summed E-state index contributed by atoms with van der Waals surface area (Å²) in [6.45, 7) is 3.67. The highest BCUT2D eigenvalue weighted by Gasteiger charge is 2.19. The highest BCUT2D eigenvalue weighted by molar-refractivity contribution is 6.42. The van der Waals surface area contributed by atoms with Gasteiger partial charge in [-0.15, -0.1) is 0 Å². The van der Waals surface area contributed by atoms with Crippen molar-refractivity contribution in [2.45, 2.75) is 38.9 Å². The number of ketones is 1. The van der Waals surface area contributed by atoms with Gasteiger partial charge in [0.25, 0.3) is 0 Å². The van der Waals surface area contributed by atoms with Gasteiger partial charge in [0.2, 0.25) is 0 Å². The summed E-state index contributed by atoms with van der Waals surface area (Å²) in [6, 6.07) is 25.5. The summed E-state index contributed by atoms with van der Waals surface area (Å²) in [4.78, 5) is 23.9. The molecule has 0 saturated carbocycles. The molecule has 45 heavy (non-hydrogen) atoms. The van der Waals surface area contributed by atoms with Crippen molar-refractivity contribution in [3.63, 3.8) is 0 Å². The molecular formula is C35H37Cl2N5O3. The van der Waals surface area contributed by atoms with Crippen molar-refractivity contribution in [2.75, 3.05) is 31.2 Å². The summed E-state index contributed by atoms with van der Waals surface area (Å²) < 4.78 is 2.21. The number of aromatic nitrogens is 3. The van der Waals surface area contributed by atoms with E-state index in [1.165, 1.54) is 0 Å². The van der Waals surface area contributed by atoms with Crippen LogP contribution in [-0.2, 0) is 24.3 Å². The fourth-order valence-corrected chi connectivity index (χ4v) is 5.82. The van der Waals surface area contributed by atoms with Crippen molar-refractivity contribution in [2.24, 2.45) is 0 Å². The smallest absolute Gasteiger partial charge is 0.141 e. The quantitative estimate of drug-likeness (QED) is 0.124. The number of Topliss-reactive ketones (excluding diaryl/α,β-unsaturated/α-hetero) is 1. The van der Waals surface area contributed by atoms with E-state index in [-0.39, 0.29) is 25.0 Å². The molecule has 2 heterocycles. The number of rotatable bonds is 15. The minimum absolute atomic E-state index is 0.000324. The molecule has 3 N–H and O–H groups in total. The molecule has 8 nitrogen and oxygen atoms in total. The van der Waals surface area contributed by atoms with E-state index in [2.05, 4.69) is 33.1 Å². The minimum Gasteiger partial charge on any atom is -0.395 e. The zero-order valence-corrected chi connectivity index (χ0v) is 26.7. The SMILES string of the molecule is CC(=O)CC(NCc1ccc(Cl)c(Cl)c1)c1ccc2c(c1)nc(-c1ccc(N(CCO)CCO)cc1)n2CCc1ccccn1. The molecule has 1 unspecified atom stereocenters. The zero-order chi connectivity index (χ0) is 31.8. The molecule has 0 amide bonds. The van der Waals surface area contributed by atoms with Gasteiger partial charge in [-0.3, -0.25) is 9.78 Å². The molecule has 10 heteroatoms. The Labute approximate surface area is 273 Å². The number of nitrogens with one attached hydrogen (secondary N) is 1. The van der Waals surface area contributed by atoms with Gasteiger partial charge in [-0.25, -0.2) is 4.98 Å². The number of carbonyl (C=O) groups excluding carboxylic acids is 1. The summed E-state index contributed by atoms with van der Waals surface area (Å²) in [5.41, 5.74) is 6.62. The van der Waals surface area contributed by atoms with Gasteiger partial charge in [0, 0.05) is 68.2 Å². The summed E-state index contributed by atoms with van der Waals surface area (Å²) in [6.07, 6.45) is 2.87. The summed E-state index contributed by atoms with van der Waals surface area (Å²) in [7, 11) is 0. The van der Waals surface area contributed by atoms with Gasteiger partial charge in [-0.1, -0.05) is 41.4 Å². The van der Waals surface area contributed by atoms with Crippen LogP contribution in [0.3, 0.4) is 0 Å². The number of hydrogen-bond acceptors (Lipinski definition) is 7. The molecule has 3 aromatic carbocycles. The number of aliphatic hydroxyl groups is 2. The molecule has 0 fully saturated rings. The second-order valence-electron chi connectivity index (χ2n) is 11.0. The van der Waals surface area contributed by atoms with Crippen molar-refractivity contribution >= 4 is 45.7 Å². The van der Waals surface area contributed by atoms with E-state index in [0.717, 1.165) is 51.4 Å². The molecule has 0 spiro atoms. The van der Waals surface area contributed by atoms with Crippen LogP contribution in [0.25, 0.3) is 22.4 Å². The van der Waals surface area contributed by atoms with Gasteiger partial charge in [-0.05, 0) is 78.7 Å². The predicted octanol–water partition coefficient (Wildman–Crippen LogP) is 6.25. The monoisotopic (exact) mass is 645 g/mol. The summed E-state index contributed by atoms with van der Waals surface area (Å²) in [5.74, 6) is 0.909. The second kappa shape index (κ2) is 15.5. The first-order chi connectivity index (χ1) is 21.9. The third-order valence-corrected chi connectivity index (χ3v) is 8.49. The maximum absolute atomic E-state index is 12.3. The van der Waals surface area contributed by atoms with Gasteiger partial charge in [0.15, 0.2) is 0 Å². The molecular weight excluding hydrogens is 609 g/mol. The molecule has 0 radical (unpaired) electrons. The Balaban J connectivity index is 1.49. The van der Waals surface area contributed by atoms with Gasteiger partial charge in [-0.2, -0.15) is 0 Å². The Kier molecular flexibility index (Phi) is 11.2. The fraction of sp³-hybridized carbons (Fsp3) is 0.286. The van der Waals surface area contributed by atoms with Crippen LogP contribution in [0.5, 0.6) is 0 Å². The zero-order valence-electron chi connectivity index (χ0n) is 25.2. The Morgan fingerprint density at radius 1 is 0.956 bits per heavy atom. The minimum atomic E-state index is -0.216. The summed E-state index contributed by atoms with van der Waals surface area (Å²) >= 11 is 12.3. The topological polar surface area (TPSA) is 104 Å². The van der Waals surface area contributed by atoms with Crippen molar-refractivity contribution < 1.29 is 15.0 Å². The van der Waals surface area contributed by atoms with Gasteiger partial charge < -0.3 is 25.0 Å². The van der Waals surface area contributed by atoms with Crippen LogP contribution in [0.2, 0.25) is 10.0 Å². The number of pyridine rings is 1. The lowest BCUT2D eigenvalue weighted by molar-refractivity contribution is -0.117. The third kappa shape index (κ3) is 8.28. The number of nitrogens with zero attached hydrogens (tertiary/aromatic N) is 4. The lowest BCUT2D eigenvalue weighted by Crippen LogP contribution is -2.29. The van der Waals surface area contributed by atoms with Crippen LogP contribution in [-0.4, -0.2) is 56.8 Å². The third-order valence-electron chi connectivity index (χ3n) is 7.75. The highest BCUT2D eigenvalue weighted by atomic mass is 35.5. The molecule has 0 aliphatic carbocycles. The number of imidazole rings is 1. The molecule has 0 aliphatic heterocycles. The van der Waals surface area contributed by atoms with E-state index in [0.29, 0.717) is 42.6 Å². The van der Waals surface area contributed by atoms with Crippen LogP contribution in [0.1, 0.15) is 36.2 Å². The molecule has 2 aromatic heterocycles.